The molecular weight excluding hydrogens is 294 g/mol. The summed E-state index contributed by atoms with van der Waals surface area (Å²) in [4.78, 5) is 27.1. The van der Waals surface area contributed by atoms with Crippen LogP contribution in [-0.4, -0.2) is 35.1 Å². The number of ether oxygens (including phenoxy) is 1. The van der Waals surface area contributed by atoms with Gasteiger partial charge < -0.3 is 14.6 Å². The van der Waals surface area contributed by atoms with E-state index in [-0.39, 0.29) is 11.9 Å². The maximum atomic E-state index is 11.8. The van der Waals surface area contributed by atoms with Crippen molar-refractivity contribution in [1.29, 1.82) is 0 Å². The number of methoxy groups -OCH3 is 1. The Labute approximate surface area is 135 Å². The zero-order valence-electron chi connectivity index (χ0n) is 13.5. The van der Waals surface area contributed by atoms with Gasteiger partial charge in [-0.1, -0.05) is 18.6 Å². The molecule has 2 aromatic rings. The second-order valence-corrected chi connectivity index (χ2v) is 5.41. The monoisotopic (exact) mass is 317 g/mol. The van der Waals surface area contributed by atoms with Crippen molar-refractivity contribution >= 4 is 22.9 Å². The van der Waals surface area contributed by atoms with Gasteiger partial charge in [0.15, 0.2) is 0 Å². The topological polar surface area (TPSA) is 73.2 Å². The molecule has 0 aliphatic carbocycles. The van der Waals surface area contributed by atoms with Crippen LogP contribution in [0.1, 0.15) is 32.1 Å². The molecule has 0 bridgehead atoms. The number of unbranched alkanes of at least 4 members (excludes halogenated alkanes) is 2. The minimum absolute atomic E-state index is 0.0377. The number of imidazole rings is 1. The number of nitrogens with one attached hydrogen (secondary N) is 1. The number of fused-ring (bicyclic) bond motifs is 1. The number of benzene rings is 1. The molecule has 0 unspecified atom stereocenters. The van der Waals surface area contributed by atoms with Gasteiger partial charge in [-0.3, -0.25) is 9.59 Å². The van der Waals surface area contributed by atoms with Crippen molar-refractivity contribution in [1.82, 2.24) is 14.9 Å². The molecule has 1 aromatic carbocycles. The van der Waals surface area contributed by atoms with E-state index in [9.17, 15) is 9.59 Å². The lowest BCUT2D eigenvalue weighted by Gasteiger charge is -2.06. The Hall–Kier alpha value is -2.37. The van der Waals surface area contributed by atoms with Gasteiger partial charge in [0.25, 0.3) is 0 Å². The van der Waals surface area contributed by atoms with Gasteiger partial charge in [-0.2, -0.15) is 0 Å². The summed E-state index contributed by atoms with van der Waals surface area (Å²) in [6.07, 6.45) is 5.22. The van der Waals surface area contributed by atoms with E-state index < -0.39 is 0 Å². The SMILES string of the molecule is COC(=O)CCCCCNC(=O)CCn1cnc2ccccc21. The van der Waals surface area contributed by atoms with Gasteiger partial charge in [-0.15, -0.1) is 0 Å². The Morgan fingerprint density at radius 2 is 2.00 bits per heavy atom. The number of aryl methyl sites for hydroxylation is 1. The minimum atomic E-state index is -0.179. The molecule has 0 saturated carbocycles. The second-order valence-electron chi connectivity index (χ2n) is 5.41. The molecule has 2 rings (SSSR count). The van der Waals surface area contributed by atoms with E-state index in [1.54, 1.807) is 6.33 Å². The third-order valence-electron chi connectivity index (χ3n) is 3.71. The van der Waals surface area contributed by atoms with Crippen molar-refractivity contribution in [2.75, 3.05) is 13.7 Å². The first kappa shape index (κ1) is 17.0. The van der Waals surface area contributed by atoms with Crippen LogP contribution in [0, 0.1) is 0 Å². The molecule has 1 aromatic heterocycles. The first-order valence-corrected chi connectivity index (χ1v) is 7.94. The molecule has 1 amide bonds. The van der Waals surface area contributed by atoms with Crippen LogP contribution in [0.4, 0.5) is 0 Å². The highest BCUT2D eigenvalue weighted by atomic mass is 16.5. The molecule has 0 aliphatic heterocycles. The van der Waals surface area contributed by atoms with Crippen LogP contribution in [0.5, 0.6) is 0 Å². The van der Waals surface area contributed by atoms with Gasteiger partial charge in [0.1, 0.15) is 0 Å². The Balaban J connectivity index is 1.61. The molecule has 124 valence electrons. The zero-order chi connectivity index (χ0) is 16.5. The average Bonchev–Trinajstić information content (AvgIpc) is 2.99. The van der Waals surface area contributed by atoms with Crippen LogP contribution < -0.4 is 5.32 Å². The quantitative estimate of drug-likeness (QED) is 0.569. The van der Waals surface area contributed by atoms with Crippen molar-refractivity contribution in [2.24, 2.45) is 0 Å². The van der Waals surface area contributed by atoms with E-state index >= 15 is 0 Å². The molecule has 1 heterocycles. The lowest BCUT2D eigenvalue weighted by Crippen LogP contribution is -2.25. The van der Waals surface area contributed by atoms with Gasteiger partial charge in [0.2, 0.25) is 5.91 Å². The third-order valence-corrected chi connectivity index (χ3v) is 3.71. The minimum Gasteiger partial charge on any atom is -0.469 e. The number of rotatable bonds is 9. The summed E-state index contributed by atoms with van der Waals surface area (Å²) in [7, 11) is 1.39. The van der Waals surface area contributed by atoms with Crippen LogP contribution in [-0.2, 0) is 20.9 Å². The number of carbonyl (C=O) groups is 2. The van der Waals surface area contributed by atoms with E-state index in [0.717, 1.165) is 30.3 Å². The smallest absolute Gasteiger partial charge is 0.305 e. The molecule has 0 fully saturated rings. The van der Waals surface area contributed by atoms with Gasteiger partial charge in [0.05, 0.1) is 24.5 Å². The molecule has 0 spiro atoms. The summed E-state index contributed by atoms with van der Waals surface area (Å²) < 4.78 is 6.57. The fourth-order valence-electron chi connectivity index (χ4n) is 2.40. The summed E-state index contributed by atoms with van der Waals surface area (Å²) in [6.45, 7) is 1.26. The van der Waals surface area contributed by atoms with E-state index in [1.807, 2.05) is 28.8 Å². The van der Waals surface area contributed by atoms with Crippen molar-refractivity contribution in [3.8, 4) is 0 Å². The summed E-state index contributed by atoms with van der Waals surface area (Å²) in [6, 6.07) is 7.88. The maximum absolute atomic E-state index is 11.8. The van der Waals surface area contributed by atoms with Crippen molar-refractivity contribution in [3.63, 3.8) is 0 Å². The largest absolute Gasteiger partial charge is 0.469 e. The van der Waals surface area contributed by atoms with Crippen LogP contribution in [0.25, 0.3) is 11.0 Å². The van der Waals surface area contributed by atoms with Crippen molar-refractivity contribution in [2.45, 2.75) is 38.6 Å². The number of para-hydroxylation sites is 2. The predicted molar refractivity (Wildman–Crippen MR) is 87.8 cm³/mol. The van der Waals surface area contributed by atoms with E-state index in [0.29, 0.717) is 25.9 Å². The first-order chi connectivity index (χ1) is 11.2. The molecule has 0 radical (unpaired) electrons. The third kappa shape index (κ3) is 5.39. The Kier molecular flexibility index (Phi) is 6.59. The fourth-order valence-corrected chi connectivity index (χ4v) is 2.40. The van der Waals surface area contributed by atoms with Crippen LogP contribution in [0.15, 0.2) is 30.6 Å². The number of nitrogens with zero attached hydrogens (tertiary/aromatic N) is 2. The highest BCUT2D eigenvalue weighted by Gasteiger charge is 2.05. The molecule has 6 heteroatoms. The Morgan fingerprint density at radius 1 is 1.17 bits per heavy atom. The maximum Gasteiger partial charge on any atom is 0.305 e. The molecule has 0 saturated heterocycles. The molecular formula is C17H23N3O3. The van der Waals surface area contributed by atoms with Crippen molar-refractivity contribution < 1.29 is 14.3 Å². The Morgan fingerprint density at radius 3 is 2.83 bits per heavy atom. The van der Waals surface area contributed by atoms with Gasteiger partial charge in [0, 0.05) is 25.9 Å². The zero-order valence-corrected chi connectivity index (χ0v) is 13.5. The number of esters is 1. The fraction of sp³-hybridized carbons (Fsp3) is 0.471. The summed E-state index contributed by atoms with van der Waals surface area (Å²) >= 11 is 0. The lowest BCUT2D eigenvalue weighted by atomic mass is 10.2. The summed E-state index contributed by atoms with van der Waals surface area (Å²) in [5, 5.41) is 2.91. The number of hydrogen-bond acceptors (Lipinski definition) is 4. The average molecular weight is 317 g/mol. The Bertz CT molecular complexity index is 651. The van der Waals surface area contributed by atoms with Crippen LogP contribution in [0.3, 0.4) is 0 Å². The van der Waals surface area contributed by atoms with Gasteiger partial charge in [-0.25, -0.2) is 4.98 Å². The number of aromatic nitrogens is 2. The molecule has 23 heavy (non-hydrogen) atoms. The van der Waals surface area contributed by atoms with E-state index in [2.05, 4.69) is 15.0 Å². The molecule has 0 aliphatic rings. The van der Waals surface area contributed by atoms with Gasteiger partial charge >= 0.3 is 5.97 Å². The molecule has 0 atom stereocenters. The predicted octanol–water partition coefficient (Wildman–Crippen LogP) is 2.28. The highest BCUT2D eigenvalue weighted by Crippen LogP contribution is 2.12. The summed E-state index contributed by atoms with van der Waals surface area (Å²) in [5.41, 5.74) is 1.99. The number of hydrogen-bond donors (Lipinski definition) is 1. The summed E-state index contributed by atoms with van der Waals surface area (Å²) in [5.74, 6) is -0.141. The van der Waals surface area contributed by atoms with E-state index in [1.165, 1.54) is 7.11 Å². The van der Waals surface area contributed by atoms with Gasteiger partial charge in [-0.05, 0) is 25.0 Å². The standard InChI is InChI=1S/C17H23N3O3/c1-23-17(22)9-3-2-6-11-18-16(21)10-12-20-13-19-14-7-4-5-8-15(14)20/h4-5,7-8,13H,2-3,6,9-12H2,1H3,(H,18,21). The first-order valence-electron chi connectivity index (χ1n) is 7.94. The number of amides is 1. The molecule has 6 nitrogen and oxygen atoms in total. The number of carbonyl (C=O) groups excluding carboxylic acids is 2. The second kappa shape index (κ2) is 8.92. The molecule has 1 N–H and O–H groups in total. The van der Waals surface area contributed by atoms with Crippen molar-refractivity contribution in [3.05, 3.63) is 30.6 Å². The van der Waals surface area contributed by atoms with Crippen LogP contribution in [0.2, 0.25) is 0 Å². The van der Waals surface area contributed by atoms with Crippen LogP contribution >= 0.6 is 0 Å². The van der Waals surface area contributed by atoms with E-state index in [4.69, 9.17) is 0 Å². The lowest BCUT2D eigenvalue weighted by molar-refractivity contribution is -0.140. The highest BCUT2D eigenvalue weighted by molar-refractivity contribution is 5.77. The normalized spacial score (nSPS) is 10.7.